The smallest absolute Gasteiger partial charge is 1.00 e. The van der Waals surface area contributed by atoms with Gasteiger partial charge in [0.25, 0.3) is 0 Å². The summed E-state index contributed by atoms with van der Waals surface area (Å²) in [4.78, 5) is 125. The van der Waals surface area contributed by atoms with Gasteiger partial charge >= 0.3 is 86.7 Å². The molecule has 4 amide bonds. The summed E-state index contributed by atoms with van der Waals surface area (Å²) in [7, 11) is -9.66. The molecule has 0 radical (unpaired) electrons. The number of allylic oxidation sites excluding steroid dienone is 4. The Balaban J connectivity index is -0.0000101. The predicted octanol–water partition coefficient (Wildman–Crippen LogP) is 13.6. The molecule has 28 heteroatoms. The largest absolute Gasteiger partial charge is 1.00 e. The molecule has 113 heavy (non-hydrogen) atoms. The zero-order chi connectivity index (χ0) is 81.8. The quantitative estimate of drug-likeness (QED) is 0.00823. The van der Waals surface area contributed by atoms with E-state index >= 15 is 0 Å². The number of amides is 4. The zero-order valence-electron chi connectivity index (χ0n) is 74.3. The third-order valence-corrected chi connectivity index (χ3v) is 21.0. The molecule has 24 nitrogen and oxygen atoms in total. The Morgan fingerprint density at radius 1 is 0.327 bits per heavy atom. The van der Waals surface area contributed by atoms with Crippen LogP contribution in [0.15, 0.2) is 24.3 Å². The number of Topliss-reactive ketones (excluding diaryl/α,β-unsaturated/α-hetero) is 2. The Hall–Kier alpha value is -2.22. The molecule has 0 saturated carbocycles. The number of rotatable bonds is 84. The molecule has 0 rings (SSSR count). The van der Waals surface area contributed by atoms with E-state index in [-0.39, 0.29) is 138 Å². The number of ketones is 2. The van der Waals surface area contributed by atoms with Gasteiger partial charge in [-0.05, 0) is 89.9 Å². The topological polar surface area (TPSA) is 333 Å². The molecule has 0 aromatic rings. The fraction of sp³-hybridized carbons (Fsp3) is 0.859. The standard InChI is InChI=1S/C85H158N4O20P2.2Na.2H/c1-7-13-19-25-29-33-37-43-47-53-76(90)67-82(94)88-74(70-102-63-59-78(55-49-41-23-17-11-5)108-84(96)57-51-45-39-35-31-27-21-15-9-3)72-106-110(98,99)104-65-61-86-80(92)69-81(93)87-62-66-105-111(100,101)107-73-75(89-83(95)68-77(91)54-48-44-38-34-30-26-20-14-8-2)71-103-64-60-79(56-50-42-24-18-12-6)109-85(97)58-52-46-40-36-32-28-22-16-10-4;;;;/h35-36,39-40,74-75,78-79H,7-34,37-38,41-73H2,1-6H3,(H,86,92)(H,87,93)(H,88,94)(H,89,95)(H,98,99)(H,100,101);;;;/q;2*+1;2*-1/b39-35-,40-36-;;;;/t74-,75-,78+,79+;;;;/m0..../s1. The summed E-state index contributed by atoms with van der Waals surface area (Å²) in [5.41, 5.74) is 0. The number of phosphoric acid groups is 2. The van der Waals surface area contributed by atoms with Crippen LogP contribution in [-0.4, -0.2) is 147 Å². The molecule has 652 valence electrons. The number of phosphoric ester groups is 2. The molecule has 0 spiro atoms. The summed E-state index contributed by atoms with van der Waals surface area (Å²) < 4.78 is 71.0. The number of hydrogen-bond donors (Lipinski definition) is 6. The van der Waals surface area contributed by atoms with Crippen molar-refractivity contribution in [1.82, 2.24) is 21.3 Å². The van der Waals surface area contributed by atoms with Crippen LogP contribution in [0, 0.1) is 0 Å². The van der Waals surface area contributed by atoms with Gasteiger partial charge < -0.3 is 52.9 Å². The molecule has 6 N–H and O–H groups in total. The van der Waals surface area contributed by atoms with Crippen LogP contribution in [0.5, 0.6) is 0 Å². The van der Waals surface area contributed by atoms with Crippen molar-refractivity contribution >= 4 is 62.8 Å². The molecule has 0 aliphatic heterocycles. The van der Waals surface area contributed by atoms with Crippen molar-refractivity contribution in [2.24, 2.45) is 0 Å². The Labute approximate surface area is 731 Å². The molecule has 0 fully saturated rings. The van der Waals surface area contributed by atoms with Crippen molar-refractivity contribution in [3.8, 4) is 0 Å². The summed E-state index contributed by atoms with van der Waals surface area (Å²) in [6.45, 7) is 10.1. The Morgan fingerprint density at radius 2 is 0.619 bits per heavy atom. The van der Waals surface area contributed by atoms with Gasteiger partial charge in [-0.1, -0.05) is 258 Å². The average molecular weight is 1670 g/mol. The van der Waals surface area contributed by atoms with Crippen LogP contribution < -0.4 is 80.4 Å². The molecule has 2 unspecified atom stereocenters. The average Bonchev–Trinajstić information content (AvgIpc) is 0.908. The number of hydrogen-bond acceptors (Lipinski definition) is 18. The summed E-state index contributed by atoms with van der Waals surface area (Å²) in [5.74, 6) is -3.82. The van der Waals surface area contributed by atoms with Crippen LogP contribution in [-0.2, 0) is 84.5 Å². The number of unbranched alkanes of at least 4 members (excludes halogenated alkanes) is 34. The van der Waals surface area contributed by atoms with Gasteiger partial charge in [-0.2, -0.15) is 0 Å². The first-order valence-electron chi connectivity index (χ1n) is 43.9. The van der Waals surface area contributed by atoms with Gasteiger partial charge in [0.2, 0.25) is 23.6 Å². The van der Waals surface area contributed by atoms with Crippen molar-refractivity contribution < 1.29 is 156 Å². The molecular weight excluding hydrogens is 1500 g/mol. The minimum absolute atomic E-state index is 0. The van der Waals surface area contributed by atoms with Gasteiger partial charge in [-0.15, -0.1) is 0 Å². The number of carbonyl (C=O) groups is 8. The number of ether oxygens (including phenoxy) is 4. The third kappa shape index (κ3) is 80.6. The molecule has 0 aromatic carbocycles. The molecular formula is C85H160N4Na2O20P2. The van der Waals surface area contributed by atoms with Gasteiger partial charge in [0.15, 0.2) is 0 Å². The maximum atomic E-state index is 13.3. The van der Waals surface area contributed by atoms with E-state index < -0.39 is 109 Å². The Kier molecular flexibility index (Phi) is 84.9. The van der Waals surface area contributed by atoms with Crippen LogP contribution in [0.25, 0.3) is 0 Å². The maximum Gasteiger partial charge on any atom is 1.00 e. The number of carbonyl (C=O) groups excluding carboxylic acids is 8. The molecule has 0 saturated heterocycles. The first kappa shape index (κ1) is 115. The van der Waals surface area contributed by atoms with Crippen LogP contribution >= 0.6 is 15.6 Å². The fourth-order valence-corrected chi connectivity index (χ4v) is 14.0. The van der Waals surface area contributed by atoms with E-state index in [2.05, 4.69) is 87.1 Å². The minimum Gasteiger partial charge on any atom is -1.00 e. The second-order valence-electron chi connectivity index (χ2n) is 30.0. The third-order valence-electron chi connectivity index (χ3n) is 19.1. The van der Waals surface area contributed by atoms with E-state index in [1.165, 1.54) is 89.9 Å². The molecule has 0 heterocycles. The van der Waals surface area contributed by atoms with Gasteiger partial charge in [-0.25, -0.2) is 9.13 Å². The first-order chi connectivity index (χ1) is 53.7. The van der Waals surface area contributed by atoms with E-state index in [1.54, 1.807) is 0 Å². The minimum atomic E-state index is -4.83. The summed E-state index contributed by atoms with van der Waals surface area (Å²) >= 11 is 0. The van der Waals surface area contributed by atoms with E-state index in [0.29, 0.717) is 64.2 Å². The molecule has 0 aliphatic carbocycles. The normalized spacial score (nSPS) is 13.6. The molecule has 6 atom stereocenters. The van der Waals surface area contributed by atoms with E-state index in [4.69, 9.17) is 37.0 Å². The predicted molar refractivity (Wildman–Crippen MR) is 444 cm³/mol. The Morgan fingerprint density at radius 3 is 0.947 bits per heavy atom. The maximum absolute atomic E-state index is 13.3. The first-order valence-corrected chi connectivity index (χ1v) is 46.9. The van der Waals surface area contributed by atoms with Gasteiger partial charge in [-0.3, -0.25) is 56.5 Å². The summed E-state index contributed by atoms with van der Waals surface area (Å²) in [6, 6.07) is -2.00. The molecule has 0 aromatic heterocycles. The molecule has 0 bridgehead atoms. The summed E-state index contributed by atoms with van der Waals surface area (Å²) in [5, 5.41) is 10.2. The van der Waals surface area contributed by atoms with Crippen molar-refractivity contribution in [2.75, 3.05) is 65.9 Å². The van der Waals surface area contributed by atoms with Crippen molar-refractivity contribution in [3.63, 3.8) is 0 Å². The van der Waals surface area contributed by atoms with Crippen LogP contribution in [0.3, 0.4) is 0 Å². The van der Waals surface area contributed by atoms with Gasteiger partial charge in [0, 0.05) is 51.6 Å². The van der Waals surface area contributed by atoms with E-state index in [1.807, 2.05) is 0 Å². The van der Waals surface area contributed by atoms with Crippen molar-refractivity contribution in [3.05, 3.63) is 24.3 Å². The SMILES string of the molecule is CCCCCC/C=C\CCCC(=O)O[C@H](CCCCCCC)CCOC[C@@H](COP(=O)(O)OCCNC(=O)CC(=O)NCCOP(=O)(O)OC[C@H](COCC[C@@H](CCCCCCC)OC(=O)CCC/C=C\CCCCCC)NC(=O)CC(=O)CCCCCCCCCCC)NC(=O)CC(=O)CCCCCCCCCCC.[H-].[H-].[Na+].[Na+]. The number of esters is 2. The van der Waals surface area contributed by atoms with Crippen molar-refractivity contribution in [1.29, 1.82) is 0 Å². The monoisotopic (exact) mass is 1670 g/mol. The van der Waals surface area contributed by atoms with Crippen LogP contribution in [0.4, 0.5) is 0 Å². The van der Waals surface area contributed by atoms with Crippen LogP contribution in [0.2, 0.25) is 0 Å². The van der Waals surface area contributed by atoms with E-state index in [9.17, 15) is 57.3 Å². The Bertz CT molecular complexity index is 2360. The van der Waals surface area contributed by atoms with Crippen LogP contribution in [0.1, 0.15) is 385 Å². The summed E-state index contributed by atoms with van der Waals surface area (Å²) in [6.07, 6.45) is 53.7. The zero-order valence-corrected chi connectivity index (χ0v) is 78.1. The second-order valence-corrected chi connectivity index (χ2v) is 32.9. The number of nitrogens with one attached hydrogen (secondary N) is 4. The van der Waals surface area contributed by atoms with Gasteiger partial charge in [0.05, 0.1) is 77.8 Å². The van der Waals surface area contributed by atoms with Crippen molar-refractivity contribution in [2.45, 2.75) is 406 Å². The van der Waals surface area contributed by atoms with Gasteiger partial charge in [0.1, 0.15) is 30.2 Å². The van der Waals surface area contributed by atoms with E-state index in [0.717, 1.165) is 154 Å². The fourth-order valence-electron chi connectivity index (χ4n) is 12.5. The molecule has 0 aliphatic rings. The second kappa shape index (κ2) is 83.4.